The minimum absolute atomic E-state index is 0.0333. The van der Waals surface area contributed by atoms with E-state index in [1.165, 1.54) is 38.3 Å². The quantitative estimate of drug-likeness (QED) is 0.201. The van der Waals surface area contributed by atoms with Gasteiger partial charge in [-0.3, -0.25) is 4.79 Å². The molecule has 1 aliphatic heterocycles. The number of fused-ring (bicyclic) bond motifs is 1. The number of phenols is 1. The third-order valence-electron chi connectivity index (χ3n) is 6.68. The zero-order chi connectivity index (χ0) is 29.1. The molecule has 2 heterocycles. The lowest BCUT2D eigenvalue weighted by Crippen LogP contribution is -2.56. The van der Waals surface area contributed by atoms with Crippen LogP contribution in [0.4, 0.5) is 0 Å². The van der Waals surface area contributed by atoms with Crippen molar-refractivity contribution in [1.82, 2.24) is 0 Å². The number of aryl methyl sites for hydroxylation is 1. The van der Waals surface area contributed by atoms with Crippen molar-refractivity contribution in [3.8, 4) is 11.5 Å². The number of benzene rings is 2. The fourth-order valence-electron chi connectivity index (χ4n) is 4.77. The highest BCUT2D eigenvalue weighted by Gasteiger charge is 2.49. The Morgan fingerprint density at radius 1 is 1.15 bits per heavy atom. The highest BCUT2D eigenvalue weighted by molar-refractivity contribution is 5.88. The maximum atomic E-state index is 13.1. The van der Waals surface area contributed by atoms with Crippen LogP contribution in [-0.4, -0.2) is 75.7 Å². The summed E-state index contributed by atoms with van der Waals surface area (Å²) < 4.78 is 23.2. The van der Waals surface area contributed by atoms with Crippen LogP contribution in [0.1, 0.15) is 35.5 Å². The van der Waals surface area contributed by atoms with Crippen LogP contribution in [0.2, 0.25) is 0 Å². The Morgan fingerprint density at radius 3 is 2.48 bits per heavy atom. The second-order valence-corrected chi connectivity index (χ2v) is 9.73. The highest BCUT2D eigenvalue weighted by atomic mass is 16.6. The SMILES string of the molecule is COc1cc(C)c2c(=O)cc(CC(C)O)oc2c1[C@@H]1O[C@H](CO)[C@@H](O)[C@H](O)[C@H]1OC(=O)/C=C/c1ccc(O)cc1. The molecule has 4 rings (SSSR count). The summed E-state index contributed by atoms with van der Waals surface area (Å²) in [5, 5.41) is 51.0. The van der Waals surface area contributed by atoms with E-state index in [0.29, 0.717) is 11.1 Å². The van der Waals surface area contributed by atoms with Crippen molar-refractivity contribution < 1.29 is 49.0 Å². The average Bonchev–Trinajstić information content (AvgIpc) is 2.90. The van der Waals surface area contributed by atoms with Gasteiger partial charge < -0.3 is 44.2 Å². The van der Waals surface area contributed by atoms with Crippen LogP contribution in [0.5, 0.6) is 11.5 Å². The van der Waals surface area contributed by atoms with Gasteiger partial charge in [-0.05, 0) is 49.2 Å². The van der Waals surface area contributed by atoms with Crippen LogP contribution >= 0.6 is 0 Å². The zero-order valence-electron chi connectivity index (χ0n) is 22.2. The highest BCUT2D eigenvalue weighted by Crippen LogP contribution is 2.43. The van der Waals surface area contributed by atoms with E-state index in [1.54, 1.807) is 25.1 Å². The van der Waals surface area contributed by atoms with Crippen molar-refractivity contribution in [1.29, 1.82) is 0 Å². The fourth-order valence-corrected chi connectivity index (χ4v) is 4.77. The number of phenolic OH excluding ortho intramolecular Hbond substituents is 1. The molecule has 11 nitrogen and oxygen atoms in total. The molecule has 214 valence electrons. The minimum Gasteiger partial charge on any atom is -0.508 e. The monoisotopic (exact) mass is 556 g/mol. The van der Waals surface area contributed by atoms with Gasteiger partial charge in [0.05, 0.1) is 30.8 Å². The standard InChI is InChI=1S/C29H32O11/c1-14-10-20(37-3)24(27-23(14)19(33)12-18(38-27)11-15(2)31)28-29(26(36)25(35)21(13-30)39-28)40-22(34)9-6-16-4-7-17(32)8-5-16/h4-10,12,15,21,25-26,28-32,35-36H,11,13H2,1-3H3/b9-6+/t15?,21-,25-,26+,28+,29-/m1/s1. The maximum absolute atomic E-state index is 13.1. The van der Waals surface area contributed by atoms with E-state index in [-0.39, 0.29) is 40.2 Å². The molecule has 0 aliphatic carbocycles. The van der Waals surface area contributed by atoms with Gasteiger partial charge in [0, 0.05) is 18.6 Å². The van der Waals surface area contributed by atoms with Crippen molar-refractivity contribution in [3.63, 3.8) is 0 Å². The number of carbonyl (C=O) groups excluding carboxylic acids is 1. The first-order valence-electron chi connectivity index (χ1n) is 12.7. The Bertz CT molecular complexity index is 1440. The molecular weight excluding hydrogens is 524 g/mol. The number of hydrogen-bond acceptors (Lipinski definition) is 11. The van der Waals surface area contributed by atoms with Gasteiger partial charge in [-0.1, -0.05) is 12.1 Å². The number of ether oxygens (including phenoxy) is 3. The molecule has 40 heavy (non-hydrogen) atoms. The van der Waals surface area contributed by atoms with Gasteiger partial charge in [-0.15, -0.1) is 0 Å². The Labute approximate surface area is 229 Å². The van der Waals surface area contributed by atoms with Crippen LogP contribution in [0.25, 0.3) is 17.0 Å². The molecule has 1 fully saturated rings. The predicted molar refractivity (Wildman–Crippen MR) is 143 cm³/mol. The van der Waals surface area contributed by atoms with E-state index in [1.807, 2.05) is 0 Å². The number of hydrogen-bond donors (Lipinski definition) is 5. The van der Waals surface area contributed by atoms with E-state index in [0.717, 1.165) is 6.08 Å². The van der Waals surface area contributed by atoms with Crippen LogP contribution in [-0.2, 0) is 20.7 Å². The lowest BCUT2D eigenvalue weighted by molar-refractivity contribution is -0.239. The van der Waals surface area contributed by atoms with Crippen LogP contribution in [0, 0.1) is 6.92 Å². The number of aliphatic hydroxyl groups is 4. The first-order chi connectivity index (χ1) is 19.0. The first-order valence-corrected chi connectivity index (χ1v) is 12.7. The molecule has 3 aromatic rings. The van der Waals surface area contributed by atoms with Crippen molar-refractivity contribution >= 4 is 23.0 Å². The molecular formula is C29H32O11. The molecule has 6 atom stereocenters. The third kappa shape index (κ3) is 6.03. The Hall–Kier alpha value is -3.74. The van der Waals surface area contributed by atoms with Crippen LogP contribution in [0.15, 0.2) is 51.7 Å². The predicted octanol–water partition coefficient (Wildman–Crippen LogP) is 1.52. The van der Waals surface area contributed by atoms with Crippen LogP contribution < -0.4 is 10.2 Å². The molecule has 1 aromatic heterocycles. The van der Waals surface area contributed by atoms with Crippen LogP contribution in [0.3, 0.4) is 0 Å². The lowest BCUT2D eigenvalue weighted by atomic mass is 9.89. The third-order valence-corrected chi connectivity index (χ3v) is 6.68. The van der Waals surface area contributed by atoms with Crippen molar-refractivity contribution in [3.05, 3.63) is 75.1 Å². The number of esters is 1. The number of carbonyl (C=O) groups is 1. The summed E-state index contributed by atoms with van der Waals surface area (Å²) in [5.41, 5.74) is 0.876. The number of methoxy groups -OCH3 is 1. The normalized spacial score (nSPS) is 23.8. The number of rotatable bonds is 8. The molecule has 0 radical (unpaired) electrons. The maximum Gasteiger partial charge on any atom is 0.331 e. The molecule has 2 aromatic carbocycles. The van der Waals surface area contributed by atoms with Gasteiger partial charge in [-0.25, -0.2) is 4.79 Å². The Morgan fingerprint density at radius 2 is 1.85 bits per heavy atom. The Balaban J connectivity index is 1.83. The topological polar surface area (TPSA) is 176 Å². The molecule has 5 N–H and O–H groups in total. The van der Waals surface area contributed by atoms with Crippen molar-refractivity contribution in [2.75, 3.05) is 13.7 Å². The van der Waals surface area contributed by atoms with E-state index >= 15 is 0 Å². The van der Waals surface area contributed by atoms with E-state index in [9.17, 15) is 35.1 Å². The molecule has 0 bridgehead atoms. The summed E-state index contributed by atoms with van der Waals surface area (Å²) in [6.07, 6.45) is -5.68. The van der Waals surface area contributed by atoms with Gasteiger partial charge in [0.1, 0.15) is 47.3 Å². The summed E-state index contributed by atoms with van der Waals surface area (Å²) >= 11 is 0. The second kappa shape index (κ2) is 12.2. The van der Waals surface area contributed by atoms with Gasteiger partial charge in [0.15, 0.2) is 11.5 Å². The molecule has 1 saturated heterocycles. The van der Waals surface area contributed by atoms with Crippen molar-refractivity contribution in [2.45, 2.75) is 56.9 Å². The second-order valence-electron chi connectivity index (χ2n) is 9.73. The molecule has 0 saturated carbocycles. The molecule has 11 heteroatoms. The number of aliphatic hydroxyl groups excluding tert-OH is 4. The van der Waals surface area contributed by atoms with E-state index in [2.05, 4.69) is 0 Å². The largest absolute Gasteiger partial charge is 0.508 e. The van der Waals surface area contributed by atoms with Gasteiger partial charge in [-0.2, -0.15) is 0 Å². The number of aromatic hydroxyl groups is 1. The van der Waals surface area contributed by atoms with Crippen molar-refractivity contribution in [2.24, 2.45) is 0 Å². The smallest absolute Gasteiger partial charge is 0.331 e. The molecule has 1 aliphatic rings. The van der Waals surface area contributed by atoms with E-state index < -0.39 is 54.6 Å². The summed E-state index contributed by atoms with van der Waals surface area (Å²) in [5.74, 6) is -0.456. The molecule has 0 amide bonds. The average molecular weight is 557 g/mol. The van der Waals surface area contributed by atoms with E-state index in [4.69, 9.17) is 18.6 Å². The molecule has 0 spiro atoms. The zero-order valence-corrected chi connectivity index (χ0v) is 22.2. The lowest BCUT2D eigenvalue weighted by Gasteiger charge is -2.42. The molecule has 1 unspecified atom stereocenters. The van der Waals surface area contributed by atoms with Gasteiger partial charge in [0.2, 0.25) is 0 Å². The summed E-state index contributed by atoms with van der Waals surface area (Å²) in [6, 6.07) is 8.89. The summed E-state index contributed by atoms with van der Waals surface area (Å²) in [7, 11) is 1.38. The fraction of sp³-hybridized carbons (Fsp3) is 0.379. The van der Waals surface area contributed by atoms with Gasteiger partial charge >= 0.3 is 5.97 Å². The first kappa shape index (κ1) is 29.2. The summed E-state index contributed by atoms with van der Waals surface area (Å²) in [6.45, 7) is 2.55. The summed E-state index contributed by atoms with van der Waals surface area (Å²) in [4.78, 5) is 26.0. The minimum atomic E-state index is -1.70. The van der Waals surface area contributed by atoms with Gasteiger partial charge in [0.25, 0.3) is 0 Å². The Kier molecular flexibility index (Phi) is 8.92.